The van der Waals surface area contributed by atoms with Crippen LogP contribution < -0.4 is 11.1 Å². The van der Waals surface area contributed by atoms with E-state index in [1.54, 1.807) is 19.1 Å². The summed E-state index contributed by atoms with van der Waals surface area (Å²) in [6.45, 7) is 2.22. The molecule has 0 spiro atoms. The van der Waals surface area contributed by atoms with Gasteiger partial charge in [-0.25, -0.2) is 4.79 Å². The van der Waals surface area contributed by atoms with Crippen LogP contribution in [0, 0.1) is 5.92 Å². The maximum absolute atomic E-state index is 11.7. The number of hydrogen-bond donors (Lipinski definition) is 3. The predicted octanol–water partition coefficient (Wildman–Crippen LogP) is 2.07. The lowest BCUT2D eigenvalue weighted by Gasteiger charge is -2.11. The number of carboxylic acids is 1. The zero-order valence-corrected chi connectivity index (χ0v) is 11.5. The predicted molar refractivity (Wildman–Crippen MR) is 72.6 cm³/mol. The van der Waals surface area contributed by atoms with Crippen molar-refractivity contribution in [3.63, 3.8) is 0 Å². The van der Waals surface area contributed by atoms with E-state index in [9.17, 15) is 9.59 Å². The molecule has 18 heavy (non-hydrogen) atoms. The van der Waals surface area contributed by atoms with Crippen LogP contribution in [0.25, 0.3) is 0 Å². The van der Waals surface area contributed by atoms with Crippen LogP contribution in [0.15, 0.2) is 22.7 Å². The average Bonchev–Trinajstić information content (AvgIpc) is 2.31. The van der Waals surface area contributed by atoms with Crippen LogP contribution in [0.5, 0.6) is 0 Å². The minimum atomic E-state index is -1.05. The van der Waals surface area contributed by atoms with Crippen molar-refractivity contribution in [3.05, 3.63) is 28.2 Å². The van der Waals surface area contributed by atoms with Gasteiger partial charge < -0.3 is 16.2 Å². The van der Waals surface area contributed by atoms with Gasteiger partial charge in [0.25, 0.3) is 0 Å². The summed E-state index contributed by atoms with van der Waals surface area (Å²) in [5.41, 5.74) is 5.95. The monoisotopic (exact) mass is 314 g/mol. The van der Waals surface area contributed by atoms with Gasteiger partial charge in [-0.2, -0.15) is 0 Å². The summed E-state index contributed by atoms with van der Waals surface area (Å²) in [6.07, 6.45) is 0.591. The molecule has 0 aliphatic heterocycles. The first-order valence-electron chi connectivity index (χ1n) is 5.49. The minimum Gasteiger partial charge on any atom is -0.478 e. The first-order valence-corrected chi connectivity index (χ1v) is 6.28. The number of anilines is 1. The van der Waals surface area contributed by atoms with Gasteiger partial charge in [-0.1, -0.05) is 6.92 Å². The normalized spacial score (nSPS) is 11.9. The molecule has 0 aromatic heterocycles. The fourth-order valence-corrected chi connectivity index (χ4v) is 1.83. The van der Waals surface area contributed by atoms with E-state index in [-0.39, 0.29) is 17.4 Å². The Bertz CT molecular complexity index is 463. The highest BCUT2D eigenvalue weighted by Crippen LogP contribution is 2.21. The molecule has 6 heteroatoms. The van der Waals surface area contributed by atoms with Gasteiger partial charge in [-0.3, -0.25) is 4.79 Å². The lowest BCUT2D eigenvalue weighted by molar-refractivity contribution is -0.119. The van der Waals surface area contributed by atoms with Gasteiger partial charge in [0.05, 0.1) is 5.56 Å². The van der Waals surface area contributed by atoms with Crippen LogP contribution in [0.4, 0.5) is 5.69 Å². The molecule has 4 N–H and O–H groups in total. The third-order valence-electron chi connectivity index (χ3n) is 2.51. The minimum absolute atomic E-state index is 0.110. The molecule has 1 amide bonds. The summed E-state index contributed by atoms with van der Waals surface area (Å²) in [4.78, 5) is 22.7. The average molecular weight is 315 g/mol. The van der Waals surface area contributed by atoms with E-state index in [4.69, 9.17) is 10.8 Å². The number of halogens is 1. The summed E-state index contributed by atoms with van der Waals surface area (Å²) < 4.78 is 0.475. The fraction of sp³-hybridized carbons (Fsp3) is 0.333. The van der Waals surface area contributed by atoms with Gasteiger partial charge in [-0.05, 0) is 47.1 Å². The molecule has 0 heterocycles. The Hall–Kier alpha value is -1.40. The number of carbonyl (C=O) groups is 2. The van der Waals surface area contributed by atoms with Crippen LogP contribution in [0.2, 0.25) is 0 Å². The summed E-state index contributed by atoms with van der Waals surface area (Å²) in [7, 11) is 0. The van der Waals surface area contributed by atoms with Gasteiger partial charge in [-0.15, -0.1) is 0 Å². The highest BCUT2D eigenvalue weighted by molar-refractivity contribution is 9.10. The van der Waals surface area contributed by atoms with Crippen molar-refractivity contribution in [3.8, 4) is 0 Å². The molecule has 0 aliphatic rings. The Balaban J connectivity index is 2.82. The number of benzene rings is 1. The van der Waals surface area contributed by atoms with Gasteiger partial charge >= 0.3 is 5.97 Å². The maximum Gasteiger partial charge on any atom is 0.336 e. The molecule has 5 nitrogen and oxygen atoms in total. The second-order valence-electron chi connectivity index (χ2n) is 3.97. The molecule has 1 unspecified atom stereocenters. The molecule has 0 saturated heterocycles. The summed E-state index contributed by atoms with van der Waals surface area (Å²) in [6, 6.07) is 4.65. The molecule has 1 aromatic carbocycles. The Morgan fingerprint density at radius 1 is 1.50 bits per heavy atom. The van der Waals surface area contributed by atoms with E-state index in [1.165, 1.54) is 6.07 Å². The number of rotatable bonds is 5. The summed E-state index contributed by atoms with van der Waals surface area (Å²) in [5, 5.41) is 11.6. The zero-order chi connectivity index (χ0) is 13.7. The first-order chi connectivity index (χ1) is 8.45. The Labute approximate surface area is 113 Å². The lowest BCUT2D eigenvalue weighted by atomic mass is 10.1. The molecular formula is C12H15BrN2O3. The van der Waals surface area contributed by atoms with E-state index in [0.29, 0.717) is 23.1 Å². The molecule has 0 saturated carbocycles. The SMILES string of the molecule is CC(CCN)C(=O)Nc1ccc(Br)c(C(=O)O)c1. The fourth-order valence-electron chi connectivity index (χ4n) is 1.41. The largest absolute Gasteiger partial charge is 0.478 e. The van der Waals surface area contributed by atoms with Crippen molar-refractivity contribution in [1.82, 2.24) is 0 Å². The second kappa shape index (κ2) is 6.51. The number of carbonyl (C=O) groups excluding carboxylic acids is 1. The smallest absolute Gasteiger partial charge is 0.336 e. The molecule has 1 aromatic rings. The lowest BCUT2D eigenvalue weighted by Crippen LogP contribution is -2.22. The van der Waals surface area contributed by atoms with E-state index in [0.717, 1.165) is 0 Å². The quantitative estimate of drug-likeness (QED) is 0.775. The van der Waals surface area contributed by atoms with Crippen LogP contribution in [0.1, 0.15) is 23.7 Å². The van der Waals surface area contributed by atoms with Crippen molar-refractivity contribution in [2.75, 3.05) is 11.9 Å². The van der Waals surface area contributed by atoms with Gasteiger partial charge in [0.1, 0.15) is 0 Å². The van der Waals surface area contributed by atoms with Crippen molar-refractivity contribution >= 4 is 33.5 Å². The molecule has 0 aliphatic carbocycles. The van der Waals surface area contributed by atoms with E-state index in [1.807, 2.05) is 0 Å². The van der Waals surface area contributed by atoms with Gasteiger partial charge in [0, 0.05) is 16.1 Å². The Morgan fingerprint density at radius 3 is 2.72 bits per heavy atom. The second-order valence-corrected chi connectivity index (χ2v) is 4.82. The molecule has 0 radical (unpaired) electrons. The number of nitrogens with two attached hydrogens (primary N) is 1. The topological polar surface area (TPSA) is 92.4 Å². The maximum atomic E-state index is 11.7. The van der Waals surface area contributed by atoms with Crippen LogP contribution in [-0.4, -0.2) is 23.5 Å². The number of nitrogens with one attached hydrogen (secondary N) is 1. The van der Waals surface area contributed by atoms with Crippen LogP contribution in [0.3, 0.4) is 0 Å². The van der Waals surface area contributed by atoms with E-state index >= 15 is 0 Å². The van der Waals surface area contributed by atoms with Gasteiger partial charge in [0.15, 0.2) is 0 Å². The molecule has 1 rings (SSSR count). The molecule has 98 valence electrons. The molecule has 0 fully saturated rings. The van der Waals surface area contributed by atoms with Crippen molar-refractivity contribution in [2.24, 2.45) is 11.7 Å². The van der Waals surface area contributed by atoms with Crippen LogP contribution >= 0.6 is 15.9 Å². The molecular weight excluding hydrogens is 300 g/mol. The van der Waals surface area contributed by atoms with E-state index in [2.05, 4.69) is 21.2 Å². The standard InChI is InChI=1S/C12H15BrN2O3/c1-7(4-5-14)11(16)15-8-2-3-10(13)9(6-8)12(17)18/h2-3,6-7H,4-5,14H2,1H3,(H,15,16)(H,17,18). The third kappa shape index (κ3) is 3.82. The van der Waals surface area contributed by atoms with Gasteiger partial charge in [0.2, 0.25) is 5.91 Å². The van der Waals surface area contributed by atoms with E-state index < -0.39 is 5.97 Å². The van der Waals surface area contributed by atoms with Crippen LogP contribution in [-0.2, 0) is 4.79 Å². The number of hydrogen-bond acceptors (Lipinski definition) is 3. The highest BCUT2D eigenvalue weighted by atomic mass is 79.9. The Morgan fingerprint density at radius 2 is 2.17 bits per heavy atom. The number of aromatic carboxylic acids is 1. The van der Waals surface area contributed by atoms with Crippen molar-refractivity contribution < 1.29 is 14.7 Å². The summed E-state index contributed by atoms with van der Waals surface area (Å²) >= 11 is 3.14. The number of carboxylic acid groups (broad SMARTS) is 1. The zero-order valence-electron chi connectivity index (χ0n) is 9.94. The highest BCUT2D eigenvalue weighted by Gasteiger charge is 2.14. The molecule has 0 bridgehead atoms. The first kappa shape index (κ1) is 14.7. The third-order valence-corrected chi connectivity index (χ3v) is 3.20. The summed E-state index contributed by atoms with van der Waals surface area (Å²) in [5.74, 6) is -1.42. The number of amides is 1. The van der Waals surface area contributed by atoms with Crippen molar-refractivity contribution in [2.45, 2.75) is 13.3 Å². The van der Waals surface area contributed by atoms with Crippen molar-refractivity contribution in [1.29, 1.82) is 0 Å². The Kier molecular flexibility index (Phi) is 5.30. The molecule has 1 atom stereocenters.